The molecule has 68 valence electrons. The summed E-state index contributed by atoms with van der Waals surface area (Å²) in [6.45, 7) is 0. The molecular weight excluding hydrogens is 178 g/mol. The molecule has 0 aliphatic heterocycles. The van der Waals surface area contributed by atoms with Crippen LogP contribution < -0.4 is 4.90 Å². The molecule has 0 saturated heterocycles. The number of carbonyl (C=O) groups excluding carboxylic acids is 1. The monoisotopic (exact) mass is 183 g/mol. The molecule has 0 fully saturated rings. The number of hydrogen-bond donors (Lipinski definition) is 1. The van der Waals surface area contributed by atoms with Gasteiger partial charge in [-0.05, 0) is 4.90 Å². The smallest absolute Gasteiger partial charge is 0.270 e. The van der Waals surface area contributed by atoms with Crippen molar-refractivity contribution in [1.29, 1.82) is 0 Å². The minimum Gasteiger partial charge on any atom is -0.411 e. The van der Waals surface area contributed by atoms with Crippen LogP contribution in [0.1, 0.15) is 22.6 Å². The third kappa shape index (κ3) is 0.968. The van der Waals surface area contributed by atoms with Crippen molar-refractivity contribution in [3.63, 3.8) is 0 Å². The van der Waals surface area contributed by atoms with Crippen molar-refractivity contribution < 1.29 is 19.5 Å². The van der Waals surface area contributed by atoms with Crippen molar-refractivity contribution in [3.8, 4) is 0 Å². The van der Waals surface area contributed by atoms with Gasteiger partial charge in [-0.3, -0.25) is 9.42 Å². The lowest BCUT2D eigenvalue weighted by molar-refractivity contribution is -0.803. The van der Waals surface area contributed by atoms with Crippen LogP contribution in [-0.2, 0) is 6.42 Å². The van der Waals surface area contributed by atoms with E-state index in [2.05, 4.69) is 14.9 Å². The number of fused-ring (bicyclic) bond motifs is 1. The van der Waals surface area contributed by atoms with Crippen LogP contribution >= 0.6 is 0 Å². The van der Waals surface area contributed by atoms with Gasteiger partial charge in [0.15, 0.2) is 0 Å². The summed E-state index contributed by atoms with van der Waals surface area (Å²) in [6, 6.07) is 0. The lowest BCUT2D eigenvalue weighted by Gasteiger charge is -2.04. The van der Waals surface area contributed by atoms with Gasteiger partial charge in [0.1, 0.15) is 5.71 Å². The van der Waals surface area contributed by atoms with Gasteiger partial charge < -0.3 is 10.4 Å². The maximum atomic E-state index is 11.3. The molecular formula is C6H5N3O4. The Hall–Kier alpha value is -1.92. The maximum absolute atomic E-state index is 11.3. The van der Waals surface area contributed by atoms with Gasteiger partial charge in [-0.25, -0.2) is 0 Å². The van der Waals surface area contributed by atoms with Crippen LogP contribution in [0.25, 0.3) is 0 Å². The standard InChI is InChI=1S/C6H5N3O4/c10-6-4(7-11)2-1-3-5(6)9(12)13-8-3/h11H,1-2H2. The summed E-state index contributed by atoms with van der Waals surface area (Å²) in [5, 5.41) is 25.5. The molecule has 2 rings (SSSR count). The van der Waals surface area contributed by atoms with Gasteiger partial charge in [0.25, 0.3) is 11.5 Å². The summed E-state index contributed by atoms with van der Waals surface area (Å²) in [4.78, 5) is 11.3. The normalized spacial score (nSPS) is 19.1. The van der Waals surface area contributed by atoms with Crippen LogP contribution in [0.5, 0.6) is 0 Å². The summed E-state index contributed by atoms with van der Waals surface area (Å²) in [6.07, 6.45) is 0.647. The van der Waals surface area contributed by atoms with E-state index in [0.717, 1.165) is 0 Å². The SMILES string of the molecule is O=C1C(=NO)CCc2no[n+]([O-])c21. The van der Waals surface area contributed by atoms with E-state index in [-0.39, 0.29) is 22.7 Å². The highest BCUT2D eigenvalue weighted by Crippen LogP contribution is 2.14. The molecule has 7 heteroatoms. The Kier molecular flexibility index (Phi) is 1.51. The first-order chi connectivity index (χ1) is 6.24. The van der Waals surface area contributed by atoms with E-state index >= 15 is 0 Å². The second-order valence-corrected chi connectivity index (χ2v) is 2.60. The molecule has 1 aliphatic carbocycles. The molecule has 1 aromatic rings. The Bertz CT molecular complexity index is 395. The molecule has 1 heterocycles. The number of aromatic nitrogens is 2. The third-order valence-corrected chi connectivity index (χ3v) is 1.88. The van der Waals surface area contributed by atoms with Gasteiger partial charge in [-0.1, -0.05) is 5.16 Å². The van der Waals surface area contributed by atoms with E-state index in [0.29, 0.717) is 12.1 Å². The number of carbonyl (C=O) groups is 1. The van der Waals surface area contributed by atoms with Gasteiger partial charge in [-0.2, -0.15) is 0 Å². The second kappa shape index (κ2) is 2.54. The topological polar surface area (TPSA) is 103 Å². The first-order valence-electron chi connectivity index (χ1n) is 3.58. The van der Waals surface area contributed by atoms with Crippen LogP contribution in [0.4, 0.5) is 0 Å². The van der Waals surface area contributed by atoms with Crippen LogP contribution in [0.3, 0.4) is 0 Å². The molecule has 7 nitrogen and oxygen atoms in total. The first kappa shape index (κ1) is 7.71. The van der Waals surface area contributed by atoms with Gasteiger partial charge >= 0.3 is 0 Å². The van der Waals surface area contributed by atoms with Gasteiger partial charge in [-0.15, -0.1) is 0 Å². The Labute approximate surface area is 71.8 Å². The summed E-state index contributed by atoms with van der Waals surface area (Å²) < 4.78 is 4.23. The predicted octanol–water partition coefficient (Wildman–Crippen LogP) is -0.733. The summed E-state index contributed by atoms with van der Waals surface area (Å²) >= 11 is 0. The maximum Gasteiger partial charge on any atom is 0.270 e. The lowest BCUT2D eigenvalue weighted by atomic mass is 9.98. The first-order valence-corrected chi connectivity index (χ1v) is 3.58. The number of rotatable bonds is 0. The van der Waals surface area contributed by atoms with Crippen LogP contribution in [0, 0.1) is 5.21 Å². The summed E-state index contributed by atoms with van der Waals surface area (Å²) in [5.74, 6) is -0.625. The van der Waals surface area contributed by atoms with Crippen molar-refractivity contribution in [1.82, 2.24) is 5.16 Å². The molecule has 0 amide bonds. The quantitative estimate of drug-likeness (QED) is 0.324. The molecule has 0 unspecified atom stereocenters. The Morgan fingerprint density at radius 1 is 1.62 bits per heavy atom. The fourth-order valence-corrected chi connectivity index (χ4v) is 1.24. The average Bonchev–Trinajstić information content (AvgIpc) is 2.49. The molecule has 0 radical (unpaired) electrons. The van der Waals surface area contributed by atoms with Crippen molar-refractivity contribution in [2.24, 2.45) is 5.16 Å². The highest BCUT2D eigenvalue weighted by atomic mass is 16.8. The molecule has 0 atom stereocenters. The summed E-state index contributed by atoms with van der Waals surface area (Å²) in [7, 11) is 0. The Morgan fingerprint density at radius 2 is 2.38 bits per heavy atom. The van der Waals surface area contributed by atoms with Crippen LogP contribution in [0.2, 0.25) is 0 Å². The van der Waals surface area contributed by atoms with E-state index in [1.54, 1.807) is 0 Å². The van der Waals surface area contributed by atoms with Gasteiger partial charge in [0, 0.05) is 18.0 Å². The van der Waals surface area contributed by atoms with E-state index in [4.69, 9.17) is 5.21 Å². The molecule has 1 N–H and O–H groups in total. The highest BCUT2D eigenvalue weighted by Gasteiger charge is 2.34. The minimum atomic E-state index is -0.625. The Balaban J connectivity index is 2.55. The van der Waals surface area contributed by atoms with Gasteiger partial charge in [0.2, 0.25) is 5.69 Å². The second-order valence-electron chi connectivity index (χ2n) is 2.60. The fraction of sp³-hybridized carbons (Fsp3) is 0.333. The van der Waals surface area contributed by atoms with Crippen LogP contribution in [-0.4, -0.2) is 21.9 Å². The summed E-state index contributed by atoms with van der Waals surface area (Å²) in [5.41, 5.74) is 0.0896. The molecule has 0 spiro atoms. The van der Waals surface area contributed by atoms with E-state index in [1.165, 1.54) is 0 Å². The third-order valence-electron chi connectivity index (χ3n) is 1.88. The molecule has 0 aromatic carbocycles. The fourth-order valence-electron chi connectivity index (χ4n) is 1.24. The van der Waals surface area contributed by atoms with Crippen LogP contribution in [0.15, 0.2) is 9.78 Å². The number of aryl methyl sites for hydroxylation is 1. The zero-order valence-electron chi connectivity index (χ0n) is 6.43. The van der Waals surface area contributed by atoms with Gasteiger partial charge in [0.05, 0.1) is 0 Å². The number of Topliss-reactive ketones (excluding diaryl/α,β-unsaturated/α-hetero) is 1. The molecule has 0 saturated carbocycles. The highest BCUT2D eigenvalue weighted by molar-refractivity contribution is 6.45. The van der Waals surface area contributed by atoms with Crippen molar-refractivity contribution in [2.45, 2.75) is 12.8 Å². The van der Waals surface area contributed by atoms with E-state index < -0.39 is 5.78 Å². The largest absolute Gasteiger partial charge is 0.411 e. The van der Waals surface area contributed by atoms with Crippen molar-refractivity contribution >= 4 is 11.5 Å². The number of nitrogens with zero attached hydrogens (tertiary/aromatic N) is 3. The lowest BCUT2D eigenvalue weighted by Crippen LogP contribution is -2.37. The van der Waals surface area contributed by atoms with Crippen molar-refractivity contribution in [3.05, 3.63) is 16.6 Å². The number of hydrogen-bond acceptors (Lipinski definition) is 6. The van der Waals surface area contributed by atoms with E-state index in [9.17, 15) is 10.0 Å². The number of oxime groups is 1. The Morgan fingerprint density at radius 3 is 3.08 bits per heavy atom. The van der Waals surface area contributed by atoms with Crippen molar-refractivity contribution in [2.75, 3.05) is 0 Å². The molecule has 1 aliphatic rings. The molecule has 1 aromatic heterocycles. The predicted molar refractivity (Wildman–Crippen MR) is 37.3 cm³/mol. The minimum absolute atomic E-state index is 0.0298. The molecule has 13 heavy (non-hydrogen) atoms. The number of ketones is 1. The average molecular weight is 183 g/mol. The zero-order chi connectivity index (χ0) is 9.42. The van der Waals surface area contributed by atoms with E-state index in [1.807, 2.05) is 0 Å². The molecule has 0 bridgehead atoms. The zero-order valence-corrected chi connectivity index (χ0v) is 6.43.